The van der Waals surface area contributed by atoms with Crippen molar-refractivity contribution in [3.05, 3.63) is 89.8 Å². The van der Waals surface area contributed by atoms with Crippen molar-refractivity contribution in [3.8, 4) is 22.4 Å². The van der Waals surface area contributed by atoms with Crippen molar-refractivity contribution in [2.75, 3.05) is 11.1 Å². The molecule has 0 amide bonds. The van der Waals surface area contributed by atoms with Gasteiger partial charge in [0.25, 0.3) is 0 Å². The number of nitrogens with one attached hydrogen (secondary N) is 1. The van der Waals surface area contributed by atoms with Crippen molar-refractivity contribution in [1.29, 1.82) is 0 Å². The first-order chi connectivity index (χ1) is 15.0. The molecule has 0 radical (unpaired) electrons. The van der Waals surface area contributed by atoms with Gasteiger partial charge in [0.2, 0.25) is 0 Å². The number of rotatable bonds is 6. The van der Waals surface area contributed by atoms with E-state index in [1.54, 1.807) is 24.4 Å². The lowest BCUT2D eigenvalue weighted by Gasteiger charge is -2.10. The Morgan fingerprint density at radius 2 is 1.74 bits per heavy atom. The predicted molar refractivity (Wildman–Crippen MR) is 121 cm³/mol. The molecule has 4 aromatic rings. The SMILES string of the molecule is Cc1cc(-c2ccc(CNc3ncnc(-c4ccc(N)c(C=[NH2+])c4)c3F)cc2)ccn1. The number of aryl methyl sites for hydroxylation is 1. The third-order valence-electron chi connectivity index (χ3n) is 4.97. The fourth-order valence-electron chi connectivity index (χ4n) is 3.29. The number of hydrogen-bond donors (Lipinski definition) is 3. The molecule has 0 unspecified atom stereocenters. The van der Waals surface area contributed by atoms with Crippen LogP contribution >= 0.6 is 0 Å². The molecule has 4 rings (SSSR count). The summed E-state index contributed by atoms with van der Waals surface area (Å²) >= 11 is 0. The molecule has 0 aliphatic rings. The van der Waals surface area contributed by atoms with Gasteiger partial charge in [-0.05, 0) is 47.9 Å². The van der Waals surface area contributed by atoms with E-state index in [2.05, 4.69) is 20.3 Å². The van der Waals surface area contributed by atoms with Crippen molar-refractivity contribution >= 4 is 17.7 Å². The van der Waals surface area contributed by atoms with Crippen LogP contribution in [0.4, 0.5) is 15.9 Å². The summed E-state index contributed by atoms with van der Waals surface area (Å²) in [7, 11) is 0. The van der Waals surface area contributed by atoms with Gasteiger partial charge in [0, 0.05) is 29.7 Å². The van der Waals surface area contributed by atoms with Gasteiger partial charge in [0.1, 0.15) is 12.0 Å². The summed E-state index contributed by atoms with van der Waals surface area (Å²) in [5.41, 5.74) is 11.9. The molecular formula is C24H22FN6+. The molecule has 2 aromatic heterocycles. The maximum atomic E-state index is 15.1. The number of pyridine rings is 1. The van der Waals surface area contributed by atoms with Crippen molar-refractivity contribution in [2.24, 2.45) is 0 Å². The van der Waals surface area contributed by atoms with E-state index in [4.69, 9.17) is 11.1 Å². The number of nitrogen functional groups attached to an aromatic ring is 1. The lowest BCUT2D eigenvalue weighted by molar-refractivity contribution is -0.104. The minimum atomic E-state index is -0.529. The molecule has 154 valence electrons. The molecule has 0 aliphatic heterocycles. The highest BCUT2D eigenvalue weighted by molar-refractivity contribution is 5.86. The van der Waals surface area contributed by atoms with Crippen molar-refractivity contribution < 1.29 is 9.80 Å². The van der Waals surface area contributed by atoms with Crippen molar-refractivity contribution in [2.45, 2.75) is 13.5 Å². The molecule has 6 nitrogen and oxygen atoms in total. The second kappa shape index (κ2) is 8.71. The Bertz CT molecular complexity index is 1240. The Hall–Kier alpha value is -4.13. The number of anilines is 2. The van der Waals surface area contributed by atoms with Crippen LogP contribution in [0.15, 0.2) is 67.1 Å². The van der Waals surface area contributed by atoms with Gasteiger partial charge in [-0.1, -0.05) is 30.3 Å². The Morgan fingerprint density at radius 1 is 0.968 bits per heavy atom. The molecule has 2 heterocycles. The van der Waals surface area contributed by atoms with E-state index in [0.29, 0.717) is 23.4 Å². The van der Waals surface area contributed by atoms with Gasteiger partial charge in [0.05, 0.1) is 5.56 Å². The number of nitrogens with zero attached hydrogens (tertiary/aromatic N) is 3. The smallest absolute Gasteiger partial charge is 0.191 e. The minimum absolute atomic E-state index is 0.133. The molecular weight excluding hydrogens is 391 g/mol. The molecule has 0 saturated heterocycles. The molecule has 2 aromatic carbocycles. The van der Waals surface area contributed by atoms with Gasteiger partial charge in [0.15, 0.2) is 17.8 Å². The fourth-order valence-corrected chi connectivity index (χ4v) is 3.29. The maximum Gasteiger partial charge on any atom is 0.191 e. The largest absolute Gasteiger partial charge is 0.398 e. The first kappa shape index (κ1) is 20.2. The van der Waals surface area contributed by atoms with Crippen LogP contribution in [0.1, 0.15) is 16.8 Å². The maximum absolute atomic E-state index is 15.1. The second-order valence-electron chi connectivity index (χ2n) is 7.13. The van der Waals surface area contributed by atoms with Crippen LogP contribution < -0.4 is 16.5 Å². The number of hydrogen-bond acceptors (Lipinski definition) is 5. The van der Waals surface area contributed by atoms with Crippen LogP contribution in [-0.4, -0.2) is 21.2 Å². The Balaban J connectivity index is 1.52. The minimum Gasteiger partial charge on any atom is -0.398 e. The van der Waals surface area contributed by atoms with Crippen LogP contribution in [0, 0.1) is 12.7 Å². The molecule has 7 heteroatoms. The highest BCUT2D eigenvalue weighted by Gasteiger charge is 2.14. The molecule has 0 saturated carbocycles. The highest BCUT2D eigenvalue weighted by Crippen LogP contribution is 2.27. The van der Waals surface area contributed by atoms with Crippen LogP contribution in [-0.2, 0) is 6.54 Å². The molecule has 0 bridgehead atoms. The van der Waals surface area contributed by atoms with Crippen LogP contribution in [0.2, 0.25) is 0 Å². The number of nitrogens with two attached hydrogens (primary N) is 2. The van der Waals surface area contributed by atoms with E-state index in [9.17, 15) is 0 Å². The summed E-state index contributed by atoms with van der Waals surface area (Å²) in [5.74, 6) is -0.395. The zero-order valence-corrected chi connectivity index (χ0v) is 17.0. The van der Waals surface area contributed by atoms with Gasteiger partial charge in [-0.3, -0.25) is 10.4 Å². The first-order valence-electron chi connectivity index (χ1n) is 9.76. The summed E-state index contributed by atoms with van der Waals surface area (Å²) in [6, 6.07) is 17.2. The quantitative estimate of drug-likeness (QED) is 0.333. The van der Waals surface area contributed by atoms with E-state index in [1.165, 1.54) is 12.5 Å². The zero-order valence-electron chi connectivity index (χ0n) is 17.0. The van der Waals surface area contributed by atoms with E-state index >= 15 is 4.39 Å². The summed E-state index contributed by atoms with van der Waals surface area (Å²) in [4.78, 5) is 12.4. The zero-order chi connectivity index (χ0) is 21.8. The van der Waals surface area contributed by atoms with Gasteiger partial charge in [-0.15, -0.1) is 0 Å². The van der Waals surface area contributed by atoms with Crippen molar-refractivity contribution in [3.63, 3.8) is 0 Å². The summed E-state index contributed by atoms with van der Waals surface area (Å²) in [6.45, 7) is 2.39. The molecule has 0 fully saturated rings. The lowest BCUT2D eigenvalue weighted by Crippen LogP contribution is -2.30. The topological polar surface area (TPSA) is 102 Å². The van der Waals surface area contributed by atoms with E-state index in [1.807, 2.05) is 43.3 Å². The van der Waals surface area contributed by atoms with Gasteiger partial charge in [-0.2, -0.15) is 0 Å². The van der Waals surface area contributed by atoms with Gasteiger partial charge in [-0.25, -0.2) is 14.4 Å². The van der Waals surface area contributed by atoms with E-state index < -0.39 is 5.82 Å². The average Bonchev–Trinajstić information content (AvgIpc) is 2.79. The Morgan fingerprint density at radius 3 is 2.48 bits per heavy atom. The van der Waals surface area contributed by atoms with Gasteiger partial charge < -0.3 is 11.1 Å². The number of benzene rings is 2. The van der Waals surface area contributed by atoms with Crippen LogP contribution in [0.3, 0.4) is 0 Å². The third-order valence-corrected chi connectivity index (χ3v) is 4.97. The van der Waals surface area contributed by atoms with Crippen LogP contribution in [0.25, 0.3) is 22.4 Å². The first-order valence-corrected chi connectivity index (χ1v) is 9.76. The molecule has 0 atom stereocenters. The Labute approximate surface area is 179 Å². The lowest BCUT2D eigenvalue weighted by atomic mass is 10.0. The van der Waals surface area contributed by atoms with Crippen molar-refractivity contribution in [1.82, 2.24) is 15.0 Å². The van der Waals surface area contributed by atoms with E-state index in [-0.39, 0.29) is 11.5 Å². The summed E-state index contributed by atoms with van der Waals surface area (Å²) in [6.07, 6.45) is 4.51. The molecule has 0 spiro atoms. The highest BCUT2D eigenvalue weighted by atomic mass is 19.1. The fraction of sp³-hybridized carbons (Fsp3) is 0.0833. The third kappa shape index (κ3) is 4.40. The molecule has 31 heavy (non-hydrogen) atoms. The molecule has 5 N–H and O–H groups in total. The molecule has 0 aliphatic carbocycles. The number of aromatic nitrogens is 3. The normalized spacial score (nSPS) is 10.6. The second-order valence-corrected chi connectivity index (χ2v) is 7.13. The standard InChI is InChI=1S/C24H21FN6/c1-15-10-18(8-9-28-15)17-4-2-16(3-5-17)13-29-24-22(25)23(30-14-31-24)19-6-7-21(27)20(11-19)12-26/h2-12,14,26H,13,27H2,1H3,(H,29,30,31)/p+1. The predicted octanol–water partition coefficient (Wildman–Crippen LogP) is 3.03. The van der Waals surface area contributed by atoms with E-state index in [0.717, 1.165) is 22.4 Å². The number of halogens is 1. The average molecular weight is 413 g/mol. The Kier molecular flexibility index (Phi) is 5.66. The summed E-state index contributed by atoms with van der Waals surface area (Å²) < 4.78 is 15.1. The summed E-state index contributed by atoms with van der Waals surface area (Å²) in [5, 5.41) is 8.64. The monoisotopic (exact) mass is 413 g/mol. The van der Waals surface area contributed by atoms with Gasteiger partial charge >= 0.3 is 0 Å². The van der Waals surface area contributed by atoms with Crippen LogP contribution in [0.5, 0.6) is 0 Å².